The lowest BCUT2D eigenvalue weighted by molar-refractivity contribution is -0.136. The third-order valence-corrected chi connectivity index (χ3v) is 11.3. The number of fused-ring (bicyclic) bond motifs is 1. The zero-order valence-corrected chi connectivity index (χ0v) is 32.4. The molecular formula is C41H42N6O9S. The van der Waals surface area contributed by atoms with Gasteiger partial charge in [-0.3, -0.25) is 43.5 Å². The molecule has 2 unspecified atom stereocenters. The summed E-state index contributed by atoms with van der Waals surface area (Å²) in [5.74, 6) is -2.36. The molecule has 6 amide bonds. The molecular weight excluding hydrogens is 753 g/mol. The summed E-state index contributed by atoms with van der Waals surface area (Å²) in [6.07, 6.45) is 2.50. The van der Waals surface area contributed by atoms with E-state index >= 15 is 0 Å². The highest BCUT2D eigenvalue weighted by molar-refractivity contribution is 7.81. The Morgan fingerprint density at radius 3 is 2.51 bits per heavy atom. The highest BCUT2D eigenvalue weighted by Crippen LogP contribution is 2.45. The Morgan fingerprint density at radius 2 is 1.77 bits per heavy atom. The summed E-state index contributed by atoms with van der Waals surface area (Å²) in [6.45, 7) is 2.33. The summed E-state index contributed by atoms with van der Waals surface area (Å²) in [6, 6.07) is 17.6. The van der Waals surface area contributed by atoms with Gasteiger partial charge in [0.2, 0.25) is 17.7 Å². The number of nitrogens with zero attached hydrogens (tertiary/aromatic N) is 3. The monoisotopic (exact) mass is 794 g/mol. The van der Waals surface area contributed by atoms with E-state index in [4.69, 9.17) is 4.74 Å². The van der Waals surface area contributed by atoms with E-state index in [1.54, 1.807) is 67.7 Å². The van der Waals surface area contributed by atoms with Crippen molar-refractivity contribution < 1.29 is 42.3 Å². The molecule has 0 radical (unpaired) electrons. The van der Waals surface area contributed by atoms with Crippen LogP contribution in [-0.2, 0) is 32.1 Å². The molecule has 4 aromatic carbocycles. The minimum absolute atomic E-state index is 0.0266. The first-order valence-electron chi connectivity index (χ1n) is 18.7. The van der Waals surface area contributed by atoms with Gasteiger partial charge in [0, 0.05) is 48.9 Å². The molecule has 0 aliphatic carbocycles. The first kappa shape index (κ1) is 39.1. The van der Waals surface area contributed by atoms with Crippen molar-refractivity contribution >= 4 is 80.2 Å². The standard InChI is InChI=1S/C41H42N6O9S/c1-4-8-24(43-28-10-7-9-25-37(28)41(53)46(40(25)52)32-16-18-35(49)44-38(32)50)19-20-42-34(48)17-13-23-21-26-29(14-15-31-36(26)27(22-23)39(51)45(31)2)47(57(54)55)30-11-5-6-12-33(30)56-3/h5-7,9-12,14-15,21-22,24,32,43H,4,8,13,16-20H2,1-3H3,(H,42,48)(H,54,55)(H,44,49,50)/t24?,32-/m1/s1. The van der Waals surface area contributed by atoms with Crippen LogP contribution in [0.2, 0.25) is 0 Å². The fourth-order valence-electron chi connectivity index (χ4n) is 7.89. The topological polar surface area (TPSA) is 195 Å². The first-order valence-corrected chi connectivity index (χ1v) is 19.8. The molecule has 296 valence electrons. The minimum Gasteiger partial charge on any atom is -0.495 e. The summed E-state index contributed by atoms with van der Waals surface area (Å²) >= 11 is -2.51. The quantitative estimate of drug-likeness (QED) is 0.0956. The second-order valence-corrected chi connectivity index (χ2v) is 15.0. The Kier molecular flexibility index (Phi) is 11.1. The van der Waals surface area contributed by atoms with E-state index < -0.39 is 40.9 Å². The van der Waals surface area contributed by atoms with Crippen molar-refractivity contribution in [3.05, 3.63) is 89.0 Å². The number of hydrogen-bond acceptors (Lipinski definition) is 9. The number of amides is 6. The summed E-state index contributed by atoms with van der Waals surface area (Å²) in [5, 5.41) is 9.80. The molecule has 15 nitrogen and oxygen atoms in total. The van der Waals surface area contributed by atoms with Gasteiger partial charge < -0.3 is 20.3 Å². The average Bonchev–Trinajstić information content (AvgIpc) is 3.59. The Hall–Kier alpha value is -6.13. The fourth-order valence-corrected chi connectivity index (χ4v) is 8.54. The molecule has 3 aliphatic heterocycles. The van der Waals surface area contributed by atoms with Gasteiger partial charge in [-0.1, -0.05) is 31.5 Å². The minimum atomic E-state index is -2.51. The van der Waals surface area contributed by atoms with Gasteiger partial charge in [-0.2, -0.15) is 0 Å². The summed E-state index contributed by atoms with van der Waals surface area (Å²) in [5.41, 5.74) is 3.36. The van der Waals surface area contributed by atoms with Crippen LogP contribution in [0, 0.1) is 0 Å². The van der Waals surface area contributed by atoms with Crippen molar-refractivity contribution in [2.24, 2.45) is 0 Å². The highest BCUT2D eigenvalue weighted by atomic mass is 32.2. The maximum Gasteiger partial charge on any atom is 0.266 e. The number of para-hydroxylation sites is 2. The zero-order valence-electron chi connectivity index (χ0n) is 31.6. The first-order chi connectivity index (χ1) is 27.4. The van der Waals surface area contributed by atoms with Gasteiger partial charge in [0.25, 0.3) is 29.0 Å². The van der Waals surface area contributed by atoms with E-state index in [9.17, 15) is 37.5 Å². The van der Waals surface area contributed by atoms with Crippen LogP contribution in [-0.4, -0.2) is 81.9 Å². The van der Waals surface area contributed by atoms with Crippen molar-refractivity contribution in [2.45, 2.75) is 64.0 Å². The fraction of sp³-hybridized carbons (Fsp3) is 0.317. The van der Waals surface area contributed by atoms with Gasteiger partial charge >= 0.3 is 0 Å². The number of aryl methyl sites for hydroxylation is 1. The number of rotatable bonds is 15. The number of anilines is 4. The SMILES string of the molecule is CCCC(CCNC(=O)CCc1cc2c3c(ccc(N(c4ccccc4OC)S(=O)O)c3c1)N(C)C2=O)Nc1cccc2c1C(=O)N([C@@H]1CCC(=O)NC1=O)C2=O. The van der Waals surface area contributed by atoms with Gasteiger partial charge in [-0.05, 0) is 79.8 Å². The third-order valence-electron chi connectivity index (χ3n) is 10.6. The molecule has 57 heavy (non-hydrogen) atoms. The number of carbonyl (C=O) groups excluding carboxylic acids is 6. The van der Waals surface area contributed by atoms with E-state index in [0.717, 1.165) is 11.3 Å². The van der Waals surface area contributed by atoms with Crippen LogP contribution in [0.5, 0.6) is 5.75 Å². The second kappa shape index (κ2) is 16.2. The number of benzene rings is 4. The molecule has 16 heteroatoms. The Labute approximate surface area is 331 Å². The Bertz CT molecular complexity index is 2370. The lowest BCUT2D eigenvalue weighted by Crippen LogP contribution is -2.54. The van der Waals surface area contributed by atoms with Crippen molar-refractivity contribution in [3.63, 3.8) is 0 Å². The van der Waals surface area contributed by atoms with Crippen LogP contribution in [0.3, 0.4) is 0 Å². The van der Waals surface area contributed by atoms with Crippen molar-refractivity contribution in [3.8, 4) is 5.75 Å². The summed E-state index contributed by atoms with van der Waals surface area (Å²) < 4.78 is 30.2. The molecule has 0 aromatic heterocycles. The Balaban J connectivity index is 1.04. The molecule has 4 aromatic rings. The highest BCUT2D eigenvalue weighted by Gasteiger charge is 2.45. The molecule has 3 atom stereocenters. The molecule has 0 saturated carbocycles. The van der Waals surface area contributed by atoms with Crippen LogP contribution in [0.25, 0.3) is 10.8 Å². The normalized spacial score (nSPS) is 17.1. The van der Waals surface area contributed by atoms with Crippen molar-refractivity contribution in [2.75, 3.05) is 35.2 Å². The van der Waals surface area contributed by atoms with Gasteiger partial charge in [-0.15, -0.1) is 0 Å². The largest absolute Gasteiger partial charge is 0.495 e. The molecule has 3 heterocycles. The van der Waals surface area contributed by atoms with E-state index in [0.29, 0.717) is 76.2 Å². The van der Waals surface area contributed by atoms with E-state index in [1.165, 1.54) is 16.3 Å². The number of ether oxygens (including phenoxy) is 1. The van der Waals surface area contributed by atoms with Crippen LogP contribution in [0.15, 0.2) is 66.7 Å². The molecule has 7 rings (SSSR count). The number of nitrogens with one attached hydrogen (secondary N) is 3. The maximum atomic E-state index is 13.6. The van der Waals surface area contributed by atoms with Gasteiger partial charge in [0.1, 0.15) is 11.8 Å². The number of hydrogen-bond donors (Lipinski definition) is 4. The molecule has 0 spiro atoms. The molecule has 1 fully saturated rings. The van der Waals surface area contributed by atoms with Gasteiger partial charge in [-0.25, -0.2) is 8.51 Å². The summed E-state index contributed by atoms with van der Waals surface area (Å²) in [4.78, 5) is 80.2. The van der Waals surface area contributed by atoms with Gasteiger partial charge in [0.15, 0.2) is 0 Å². The Morgan fingerprint density at radius 1 is 0.982 bits per heavy atom. The number of piperidine rings is 1. The van der Waals surface area contributed by atoms with Crippen LogP contribution < -0.4 is 29.9 Å². The van der Waals surface area contributed by atoms with Crippen molar-refractivity contribution in [1.82, 2.24) is 15.5 Å². The van der Waals surface area contributed by atoms with Crippen LogP contribution >= 0.6 is 0 Å². The van der Waals surface area contributed by atoms with E-state index in [1.807, 2.05) is 13.0 Å². The summed E-state index contributed by atoms with van der Waals surface area (Å²) in [7, 11) is 3.15. The molecule has 4 N–H and O–H groups in total. The number of methoxy groups -OCH3 is 1. The maximum absolute atomic E-state index is 13.6. The molecule has 0 bridgehead atoms. The second-order valence-electron chi connectivity index (χ2n) is 14.2. The zero-order chi connectivity index (χ0) is 40.5. The van der Waals surface area contributed by atoms with Gasteiger partial charge in [0.05, 0.1) is 40.9 Å². The van der Waals surface area contributed by atoms with E-state index in [-0.39, 0.29) is 48.2 Å². The number of carbonyl (C=O) groups is 6. The van der Waals surface area contributed by atoms with E-state index in [2.05, 4.69) is 16.0 Å². The molecule has 3 aliphatic rings. The third kappa shape index (κ3) is 7.33. The lowest BCUT2D eigenvalue weighted by atomic mass is 9.97. The lowest BCUT2D eigenvalue weighted by Gasteiger charge is -2.28. The molecule has 1 saturated heterocycles. The smallest absolute Gasteiger partial charge is 0.266 e. The average molecular weight is 795 g/mol. The van der Waals surface area contributed by atoms with Crippen molar-refractivity contribution in [1.29, 1.82) is 0 Å². The number of imide groups is 2. The van der Waals surface area contributed by atoms with Crippen LogP contribution in [0.1, 0.15) is 82.1 Å². The van der Waals surface area contributed by atoms with Crippen LogP contribution in [0.4, 0.5) is 22.7 Å². The predicted molar refractivity (Wildman–Crippen MR) is 214 cm³/mol. The predicted octanol–water partition coefficient (Wildman–Crippen LogP) is 4.83.